The number of hydrogen-bond donors (Lipinski definition) is 1. The number of carbonyl (C=O) groups excluding carboxylic acids is 1. The lowest BCUT2D eigenvalue weighted by Gasteiger charge is -2.08. The van der Waals surface area contributed by atoms with Crippen LogP contribution in [0, 0.1) is 5.82 Å². The van der Waals surface area contributed by atoms with Crippen molar-refractivity contribution in [1.82, 2.24) is 0 Å². The summed E-state index contributed by atoms with van der Waals surface area (Å²) in [5.74, 6) is -0.624. The Balaban J connectivity index is 2.08. The van der Waals surface area contributed by atoms with Gasteiger partial charge in [-0.1, -0.05) is 34.1 Å². The molecule has 0 bridgehead atoms. The Kier molecular flexibility index (Phi) is 4.71. The van der Waals surface area contributed by atoms with E-state index in [0.717, 1.165) is 8.95 Å². The van der Waals surface area contributed by atoms with E-state index in [1.54, 1.807) is 24.3 Å². The monoisotopic (exact) mass is 385 g/mol. The average molecular weight is 387 g/mol. The van der Waals surface area contributed by atoms with E-state index < -0.39 is 0 Å². The highest BCUT2D eigenvalue weighted by atomic mass is 79.9. The van der Waals surface area contributed by atoms with Gasteiger partial charge in [-0.25, -0.2) is 4.39 Å². The fourth-order valence-corrected chi connectivity index (χ4v) is 2.75. The predicted octanol–water partition coefficient (Wildman–Crippen LogP) is 4.53. The smallest absolute Gasteiger partial charge is 0.228 e. The van der Waals surface area contributed by atoms with E-state index >= 15 is 0 Å². The summed E-state index contributed by atoms with van der Waals surface area (Å²) in [5.41, 5.74) is 1.04. The zero-order valence-electron chi connectivity index (χ0n) is 9.79. The molecule has 2 nitrogen and oxygen atoms in total. The van der Waals surface area contributed by atoms with Crippen molar-refractivity contribution < 1.29 is 9.18 Å². The third kappa shape index (κ3) is 3.88. The van der Waals surface area contributed by atoms with Crippen LogP contribution in [0.2, 0.25) is 0 Å². The Morgan fingerprint density at radius 1 is 1.16 bits per heavy atom. The summed E-state index contributed by atoms with van der Waals surface area (Å²) in [7, 11) is 0. The minimum Gasteiger partial charge on any atom is -0.325 e. The van der Waals surface area contributed by atoms with Crippen LogP contribution in [0.25, 0.3) is 0 Å². The van der Waals surface area contributed by atoms with Crippen molar-refractivity contribution in [3.63, 3.8) is 0 Å². The second-order valence-electron chi connectivity index (χ2n) is 3.94. The molecule has 19 heavy (non-hydrogen) atoms. The van der Waals surface area contributed by atoms with Crippen LogP contribution in [0.1, 0.15) is 5.56 Å². The number of rotatable bonds is 3. The van der Waals surface area contributed by atoms with Gasteiger partial charge in [0.1, 0.15) is 5.82 Å². The van der Waals surface area contributed by atoms with Gasteiger partial charge in [-0.05, 0) is 45.8 Å². The van der Waals surface area contributed by atoms with E-state index in [9.17, 15) is 9.18 Å². The van der Waals surface area contributed by atoms with Gasteiger partial charge in [0, 0.05) is 8.95 Å². The Morgan fingerprint density at radius 3 is 2.58 bits per heavy atom. The summed E-state index contributed by atoms with van der Waals surface area (Å²) in [5, 5.41) is 2.74. The van der Waals surface area contributed by atoms with Gasteiger partial charge in [0.25, 0.3) is 0 Å². The highest BCUT2D eigenvalue weighted by molar-refractivity contribution is 9.11. The summed E-state index contributed by atoms with van der Waals surface area (Å²) in [4.78, 5) is 11.9. The Labute approximate surface area is 127 Å². The number of hydrogen-bond acceptors (Lipinski definition) is 1. The lowest BCUT2D eigenvalue weighted by atomic mass is 10.1. The van der Waals surface area contributed by atoms with E-state index in [1.807, 2.05) is 12.1 Å². The molecule has 0 spiro atoms. The molecule has 0 atom stereocenters. The second kappa shape index (κ2) is 6.30. The SMILES string of the molecule is O=C(Cc1ccccc1F)Nc1ccc(Br)cc1Br. The van der Waals surface area contributed by atoms with Crippen molar-refractivity contribution in [3.05, 3.63) is 62.8 Å². The maximum atomic E-state index is 13.4. The van der Waals surface area contributed by atoms with Gasteiger partial charge in [-0.3, -0.25) is 4.79 Å². The van der Waals surface area contributed by atoms with E-state index in [-0.39, 0.29) is 18.1 Å². The molecule has 0 fully saturated rings. The molecule has 0 saturated heterocycles. The molecule has 1 N–H and O–H groups in total. The topological polar surface area (TPSA) is 29.1 Å². The van der Waals surface area contributed by atoms with Gasteiger partial charge in [0.05, 0.1) is 12.1 Å². The highest BCUT2D eigenvalue weighted by Gasteiger charge is 2.09. The minimum atomic E-state index is -0.368. The molecular weight excluding hydrogens is 377 g/mol. The minimum absolute atomic E-state index is 0.00910. The van der Waals surface area contributed by atoms with Gasteiger partial charge < -0.3 is 5.32 Å². The first-order valence-electron chi connectivity index (χ1n) is 5.54. The van der Waals surface area contributed by atoms with Crippen molar-refractivity contribution in [2.75, 3.05) is 5.32 Å². The third-order valence-corrected chi connectivity index (χ3v) is 3.66. The van der Waals surface area contributed by atoms with E-state index in [4.69, 9.17) is 0 Å². The van der Waals surface area contributed by atoms with Gasteiger partial charge in [0.15, 0.2) is 0 Å². The zero-order chi connectivity index (χ0) is 13.8. The van der Waals surface area contributed by atoms with Crippen LogP contribution < -0.4 is 5.32 Å². The summed E-state index contributed by atoms with van der Waals surface area (Å²) in [6.07, 6.45) is 0.00910. The van der Waals surface area contributed by atoms with Crippen molar-refractivity contribution in [1.29, 1.82) is 0 Å². The normalized spacial score (nSPS) is 10.3. The van der Waals surface area contributed by atoms with Crippen molar-refractivity contribution in [2.24, 2.45) is 0 Å². The van der Waals surface area contributed by atoms with Crippen LogP contribution in [0.5, 0.6) is 0 Å². The molecule has 0 aliphatic rings. The highest BCUT2D eigenvalue weighted by Crippen LogP contribution is 2.26. The van der Waals surface area contributed by atoms with Gasteiger partial charge >= 0.3 is 0 Å². The van der Waals surface area contributed by atoms with Gasteiger partial charge in [-0.15, -0.1) is 0 Å². The molecule has 0 heterocycles. The number of amides is 1. The zero-order valence-corrected chi connectivity index (χ0v) is 13.0. The van der Waals surface area contributed by atoms with E-state index in [0.29, 0.717) is 11.3 Å². The molecule has 0 aliphatic heterocycles. The third-order valence-electron chi connectivity index (χ3n) is 2.51. The van der Waals surface area contributed by atoms with Crippen LogP contribution >= 0.6 is 31.9 Å². The standard InChI is InChI=1S/C14H10Br2FNO/c15-10-5-6-13(11(16)8-10)18-14(19)7-9-3-1-2-4-12(9)17/h1-6,8H,7H2,(H,18,19). The number of nitrogens with one attached hydrogen (secondary N) is 1. The molecule has 5 heteroatoms. The number of benzene rings is 2. The van der Waals surface area contributed by atoms with Crippen LogP contribution in [0.4, 0.5) is 10.1 Å². The molecule has 2 aromatic rings. The maximum Gasteiger partial charge on any atom is 0.228 e. The van der Waals surface area contributed by atoms with Crippen molar-refractivity contribution >= 4 is 43.5 Å². The summed E-state index contributed by atoms with van der Waals surface area (Å²) < 4.78 is 15.1. The summed E-state index contributed by atoms with van der Waals surface area (Å²) in [6.45, 7) is 0. The maximum absolute atomic E-state index is 13.4. The summed E-state index contributed by atoms with van der Waals surface area (Å²) in [6, 6.07) is 11.7. The molecule has 0 unspecified atom stereocenters. The van der Waals surface area contributed by atoms with Crippen molar-refractivity contribution in [2.45, 2.75) is 6.42 Å². The quantitative estimate of drug-likeness (QED) is 0.824. The van der Waals surface area contributed by atoms with E-state index in [1.165, 1.54) is 6.07 Å². The number of anilines is 1. The molecule has 2 aromatic carbocycles. The largest absolute Gasteiger partial charge is 0.325 e. The molecule has 2 rings (SSSR count). The van der Waals surface area contributed by atoms with Crippen LogP contribution in [-0.4, -0.2) is 5.91 Å². The molecule has 0 aromatic heterocycles. The van der Waals surface area contributed by atoms with Crippen LogP contribution in [0.15, 0.2) is 51.4 Å². The predicted molar refractivity (Wildman–Crippen MR) is 80.6 cm³/mol. The lowest BCUT2D eigenvalue weighted by molar-refractivity contribution is -0.115. The fourth-order valence-electron chi connectivity index (χ4n) is 1.60. The van der Waals surface area contributed by atoms with Gasteiger partial charge in [-0.2, -0.15) is 0 Å². The van der Waals surface area contributed by atoms with Gasteiger partial charge in [0.2, 0.25) is 5.91 Å². The number of halogens is 3. The first-order chi connectivity index (χ1) is 9.06. The van der Waals surface area contributed by atoms with Crippen LogP contribution in [0.3, 0.4) is 0 Å². The summed E-state index contributed by atoms with van der Waals surface area (Å²) >= 11 is 6.69. The number of carbonyl (C=O) groups is 1. The Hall–Kier alpha value is -1.20. The van der Waals surface area contributed by atoms with Crippen molar-refractivity contribution in [3.8, 4) is 0 Å². The van der Waals surface area contributed by atoms with Crippen LogP contribution in [-0.2, 0) is 11.2 Å². The molecule has 98 valence electrons. The molecule has 0 radical (unpaired) electrons. The average Bonchev–Trinajstić information content (AvgIpc) is 2.36. The lowest BCUT2D eigenvalue weighted by Crippen LogP contribution is -2.15. The first-order valence-corrected chi connectivity index (χ1v) is 7.13. The Bertz CT molecular complexity index is 616. The molecular formula is C14H10Br2FNO. The second-order valence-corrected chi connectivity index (χ2v) is 5.71. The Morgan fingerprint density at radius 2 is 1.89 bits per heavy atom. The van der Waals surface area contributed by atoms with E-state index in [2.05, 4.69) is 37.2 Å². The first kappa shape index (κ1) is 14.2. The fraction of sp³-hybridized carbons (Fsp3) is 0.0714. The molecule has 0 saturated carbocycles. The molecule has 1 amide bonds. The molecule has 0 aliphatic carbocycles.